The molecule has 1 fully saturated rings. The predicted octanol–water partition coefficient (Wildman–Crippen LogP) is 6.15. The van der Waals surface area contributed by atoms with E-state index in [1.807, 2.05) is 0 Å². The molecule has 2 aliphatic rings. The lowest BCUT2D eigenvalue weighted by atomic mass is 9.73. The molecule has 4 rings (SSSR count). The topological polar surface area (TPSA) is 52.6 Å². The van der Waals surface area contributed by atoms with Gasteiger partial charge in [0.25, 0.3) is 0 Å². The summed E-state index contributed by atoms with van der Waals surface area (Å²) in [5.41, 5.74) is 5.80. The molecule has 0 bridgehead atoms. The number of benzene rings is 1. The lowest BCUT2D eigenvalue weighted by Crippen LogP contribution is -2.38. The van der Waals surface area contributed by atoms with E-state index >= 15 is 0 Å². The number of ether oxygens (including phenoxy) is 1. The normalized spacial score (nSPS) is 20.1. The van der Waals surface area contributed by atoms with E-state index < -0.39 is 0 Å². The molecule has 0 amide bonds. The molecule has 0 saturated carbocycles. The second kappa shape index (κ2) is 9.89. The third kappa shape index (κ3) is 5.17. The van der Waals surface area contributed by atoms with Gasteiger partial charge in [0.2, 0.25) is 0 Å². The van der Waals surface area contributed by atoms with Crippen molar-refractivity contribution in [1.29, 1.82) is 5.26 Å². The number of furan rings is 1. The fourth-order valence-corrected chi connectivity index (χ4v) is 5.09. The standard InChI is InChI=1S/C28H35N3O2/c1-5-30(6-2)24-9-7-21-17-25(33-26(21)18-24)10-8-22-19-28(3,4)20-23(11-12-29)27(22)31-13-15-32-16-14-31/h7-11,17-18H,5-6,13-16,19-20H2,1-4H3/b10-8+,23-11+. The summed E-state index contributed by atoms with van der Waals surface area (Å²) in [5, 5.41) is 10.6. The average molecular weight is 446 g/mol. The van der Waals surface area contributed by atoms with E-state index in [1.54, 1.807) is 6.08 Å². The van der Waals surface area contributed by atoms with Crippen molar-refractivity contribution in [2.75, 3.05) is 44.3 Å². The van der Waals surface area contributed by atoms with Crippen LogP contribution in [0, 0.1) is 16.7 Å². The maximum atomic E-state index is 9.45. The molecule has 5 nitrogen and oxygen atoms in total. The van der Waals surface area contributed by atoms with E-state index in [1.165, 1.54) is 17.0 Å². The van der Waals surface area contributed by atoms with Gasteiger partial charge in [-0.25, -0.2) is 0 Å². The Balaban J connectivity index is 1.70. The van der Waals surface area contributed by atoms with Crippen molar-refractivity contribution in [3.8, 4) is 6.07 Å². The van der Waals surface area contributed by atoms with Crippen molar-refractivity contribution in [1.82, 2.24) is 4.90 Å². The number of morpholine rings is 1. The van der Waals surface area contributed by atoms with Gasteiger partial charge in [-0.05, 0) is 67.5 Å². The van der Waals surface area contributed by atoms with Crippen LogP contribution in [0.15, 0.2) is 57.7 Å². The van der Waals surface area contributed by atoms with Gasteiger partial charge in [0.1, 0.15) is 11.3 Å². The van der Waals surface area contributed by atoms with Gasteiger partial charge < -0.3 is 19.0 Å². The number of rotatable bonds is 6. The maximum Gasteiger partial charge on any atom is 0.136 e. The quantitative estimate of drug-likeness (QED) is 0.499. The summed E-state index contributed by atoms with van der Waals surface area (Å²) in [6, 6.07) is 10.8. The molecule has 2 heterocycles. The molecule has 0 radical (unpaired) electrons. The molecule has 1 aromatic carbocycles. The highest BCUT2D eigenvalue weighted by Crippen LogP contribution is 2.43. The van der Waals surface area contributed by atoms with Crippen LogP contribution < -0.4 is 4.90 Å². The zero-order valence-electron chi connectivity index (χ0n) is 20.4. The summed E-state index contributed by atoms with van der Waals surface area (Å²) in [5.74, 6) is 0.852. The number of hydrogen-bond donors (Lipinski definition) is 0. The van der Waals surface area contributed by atoms with Gasteiger partial charge in [-0.2, -0.15) is 5.26 Å². The molecule has 33 heavy (non-hydrogen) atoms. The third-order valence-electron chi connectivity index (χ3n) is 6.61. The number of anilines is 1. The molecule has 174 valence electrons. The maximum absolute atomic E-state index is 9.45. The number of allylic oxidation sites excluding steroid dienone is 4. The lowest BCUT2D eigenvalue weighted by Gasteiger charge is -2.40. The lowest BCUT2D eigenvalue weighted by molar-refractivity contribution is 0.0529. The van der Waals surface area contributed by atoms with Crippen LogP contribution in [0.3, 0.4) is 0 Å². The molecular weight excluding hydrogens is 410 g/mol. The molecule has 0 N–H and O–H groups in total. The first kappa shape index (κ1) is 23.2. The van der Waals surface area contributed by atoms with E-state index in [9.17, 15) is 5.26 Å². The molecule has 1 saturated heterocycles. The first-order valence-corrected chi connectivity index (χ1v) is 12.1. The molecule has 2 aromatic rings. The minimum absolute atomic E-state index is 0.102. The Morgan fingerprint density at radius 3 is 2.55 bits per heavy atom. The number of nitrogens with zero attached hydrogens (tertiary/aromatic N) is 3. The summed E-state index contributed by atoms with van der Waals surface area (Å²) in [4.78, 5) is 4.71. The largest absolute Gasteiger partial charge is 0.457 e. The molecule has 1 aliphatic carbocycles. The monoisotopic (exact) mass is 445 g/mol. The van der Waals surface area contributed by atoms with Crippen molar-refractivity contribution in [3.63, 3.8) is 0 Å². The number of hydrogen-bond acceptors (Lipinski definition) is 5. The molecule has 5 heteroatoms. The van der Waals surface area contributed by atoms with E-state index in [-0.39, 0.29) is 5.41 Å². The van der Waals surface area contributed by atoms with E-state index in [2.05, 4.69) is 80.0 Å². The van der Waals surface area contributed by atoms with Gasteiger partial charge in [-0.3, -0.25) is 0 Å². The van der Waals surface area contributed by atoms with Crippen molar-refractivity contribution in [2.45, 2.75) is 40.5 Å². The molecule has 0 unspecified atom stereocenters. The fourth-order valence-electron chi connectivity index (χ4n) is 5.09. The summed E-state index contributed by atoms with van der Waals surface area (Å²) in [6.07, 6.45) is 7.88. The van der Waals surface area contributed by atoms with Crippen LogP contribution in [0.4, 0.5) is 5.69 Å². The zero-order valence-corrected chi connectivity index (χ0v) is 20.4. The Morgan fingerprint density at radius 2 is 1.85 bits per heavy atom. The number of nitriles is 1. The molecule has 1 aliphatic heterocycles. The van der Waals surface area contributed by atoms with Crippen molar-refractivity contribution in [3.05, 3.63) is 59.0 Å². The fraction of sp³-hybridized carbons (Fsp3) is 0.464. The smallest absolute Gasteiger partial charge is 0.136 e. The van der Waals surface area contributed by atoms with Gasteiger partial charge in [0, 0.05) is 55.1 Å². The Labute approximate surface area is 197 Å². The second-order valence-electron chi connectivity index (χ2n) is 9.67. The van der Waals surface area contributed by atoms with Gasteiger partial charge >= 0.3 is 0 Å². The van der Waals surface area contributed by atoms with Crippen LogP contribution in [-0.4, -0.2) is 44.3 Å². The third-order valence-corrected chi connectivity index (χ3v) is 6.61. The van der Waals surface area contributed by atoms with E-state index in [4.69, 9.17) is 9.15 Å². The summed E-state index contributed by atoms with van der Waals surface area (Å²) in [6.45, 7) is 14.0. The molecule has 0 atom stereocenters. The van der Waals surface area contributed by atoms with E-state index in [0.717, 1.165) is 74.5 Å². The molecule has 0 spiro atoms. The minimum Gasteiger partial charge on any atom is -0.457 e. The highest BCUT2D eigenvalue weighted by Gasteiger charge is 2.32. The Morgan fingerprint density at radius 1 is 1.09 bits per heavy atom. The summed E-state index contributed by atoms with van der Waals surface area (Å²) in [7, 11) is 0. The predicted molar refractivity (Wildman–Crippen MR) is 135 cm³/mol. The molecular formula is C28H35N3O2. The number of fused-ring (bicyclic) bond motifs is 1. The van der Waals surface area contributed by atoms with Gasteiger partial charge in [0.05, 0.1) is 19.3 Å². The average Bonchev–Trinajstić information content (AvgIpc) is 3.21. The van der Waals surface area contributed by atoms with Crippen molar-refractivity contribution >= 4 is 22.7 Å². The van der Waals surface area contributed by atoms with Gasteiger partial charge in [-0.15, -0.1) is 0 Å². The second-order valence-corrected chi connectivity index (χ2v) is 9.67. The zero-order chi connectivity index (χ0) is 23.4. The highest BCUT2D eigenvalue weighted by molar-refractivity contribution is 5.83. The highest BCUT2D eigenvalue weighted by atomic mass is 16.5. The van der Waals surface area contributed by atoms with Crippen LogP contribution in [-0.2, 0) is 4.74 Å². The Kier molecular flexibility index (Phi) is 6.95. The minimum atomic E-state index is 0.102. The van der Waals surface area contributed by atoms with Crippen LogP contribution in [0.25, 0.3) is 17.0 Å². The SMILES string of the molecule is CCN(CC)c1ccc2cc(/C=C/C3=C(N4CCOCC4)C(=C/C#N)/CC(C)(C)C3)oc2c1. The van der Waals surface area contributed by atoms with E-state index in [0.29, 0.717) is 0 Å². The summed E-state index contributed by atoms with van der Waals surface area (Å²) < 4.78 is 11.8. The first-order chi connectivity index (χ1) is 15.9. The van der Waals surface area contributed by atoms with Gasteiger partial charge in [-0.1, -0.05) is 19.9 Å². The van der Waals surface area contributed by atoms with Gasteiger partial charge in [0.15, 0.2) is 0 Å². The van der Waals surface area contributed by atoms with Crippen LogP contribution in [0.1, 0.15) is 46.3 Å². The summed E-state index contributed by atoms with van der Waals surface area (Å²) >= 11 is 0. The van der Waals surface area contributed by atoms with Crippen molar-refractivity contribution in [2.24, 2.45) is 5.41 Å². The van der Waals surface area contributed by atoms with Crippen LogP contribution >= 0.6 is 0 Å². The first-order valence-electron chi connectivity index (χ1n) is 12.1. The molecule has 1 aromatic heterocycles. The Hall–Kier alpha value is -2.97. The van der Waals surface area contributed by atoms with Crippen LogP contribution in [0.2, 0.25) is 0 Å². The van der Waals surface area contributed by atoms with Crippen LogP contribution in [0.5, 0.6) is 0 Å². The Bertz CT molecular complexity index is 1120. The van der Waals surface area contributed by atoms with Crippen molar-refractivity contribution < 1.29 is 9.15 Å².